The quantitative estimate of drug-likeness (QED) is 0.392. The van der Waals surface area contributed by atoms with Gasteiger partial charge in [0.15, 0.2) is 0 Å². The molecule has 0 bridgehead atoms. The molecule has 0 N–H and O–H groups in total. The van der Waals surface area contributed by atoms with E-state index in [1.54, 1.807) is 7.11 Å². The second-order valence-corrected chi connectivity index (χ2v) is 1.51. The molecule has 0 heterocycles. The molecule has 0 fully saturated rings. The third-order valence-corrected chi connectivity index (χ3v) is 0.845. The minimum Gasteiger partial charge on any atom is -0.501 e. The SMILES string of the molecule is C/C=C/C=C(/C)OC. The minimum atomic E-state index is 0.933. The summed E-state index contributed by atoms with van der Waals surface area (Å²) in [4.78, 5) is 0. The topological polar surface area (TPSA) is 9.23 Å². The molecule has 1 nitrogen and oxygen atoms in total. The molecule has 0 aliphatic rings. The monoisotopic (exact) mass is 112 g/mol. The van der Waals surface area contributed by atoms with Crippen molar-refractivity contribution < 1.29 is 4.74 Å². The molecule has 0 atom stereocenters. The lowest BCUT2D eigenvalue weighted by molar-refractivity contribution is 0.294. The zero-order chi connectivity index (χ0) is 6.41. The molecule has 46 valence electrons. The van der Waals surface area contributed by atoms with Crippen molar-refractivity contribution in [2.75, 3.05) is 7.11 Å². The molecule has 0 aromatic rings. The van der Waals surface area contributed by atoms with Crippen molar-refractivity contribution in [3.05, 3.63) is 24.0 Å². The Hall–Kier alpha value is -0.720. The molecule has 0 aromatic carbocycles. The van der Waals surface area contributed by atoms with Gasteiger partial charge in [0.05, 0.1) is 12.9 Å². The average molecular weight is 112 g/mol. The lowest BCUT2D eigenvalue weighted by Gasteiger charge is -1.92. The van der Waals surface area contributed by atoms with Crippen molar-refractivity contribution >= 4 is 0 Å². The van der Waals surface area contributed by atoms with Gasteiger partial charge in [0.2, 0.25) is 0 Å². The Kier molecular flexibility index (Phi) is 4.04. The van der Waals surface area contributed by atoms with Crippen LogP contribution in [-0.4, -0.2) is 7.11 Å². The zero-order valence-corrected chi connectivity index (χ0v) is 5.64. The molecule has 0 unspecified atom stereocenters. The number of rotatable bonds is 2. The van der Waals surface area contributed by atoms with Crippen molar-refractivity contribution in [3.8, 4) is 0 Å². The van der Waals surface area contributed by atoms with Gasteiger partial charge in [-0.25, -0.2) is 0 Å². The van der Waals surface area contributed by atoms with Gasteiger partial charge in [0, 0.05) is 0 Å². The van der Waals surface area contributed by atoms with Crippen molar-refractivity contribution in [1.29, 1.82) is 0 Å². The third-order valence-electron chi connectivity index (χ3n) is 0.845. The number of allylic oxidation sites excluding steroid dienone is 4. The van der Waals surface area contributed by atoms with Gasteiger partial charge in [0.25, 0.3) is 0 Å². The summed E-state index contributed by atoms with van der Waals surface area (Å²) in [6, 6.07) is 0. The second kappa shape index (κ2) is 4.44. The summed E-state index contributed by atoms with van der Waals surface area (Å²) < 4.78 is 4.86. The van der Waals surface area contributed by atoms with Crippen molar-refractivity contribution in [2.24, 2.45) is 0 Å². The Morgan fingerprint density at radius 2 is 2.12 bits per heavy atom. The van der Waals surface area contributed by atoms with E-state index in [4.69, 9.17) is 4.74 Å². The first kappa shape index (κ1) is 7.28. The molecule has 0 saturated carbocycles. The third kappa shape index (κ3) is 3.47. The van der Waals surface area contributed by atoms with Gasteiger partial charge in [-0.15, -0.1) is 0 Å². The molecule has 0 rings (SSSR count). The van der Waals surface area contributed by atoms with Crippen LogP contribution in [-0.2, 0) is 4.74 Å². The number of hydrogen-bond donors (Lipinski definition) is 0. The Labute approximate surface area is 50.7 Å². The van der Waals surface area contributed by atoms with Gasteiger partial charge in [-0.3, -0.25) is 0 Å². The molecule has 0 saturated heterocycles. The molecule has 0 aromatic heterocycles. The van der Waals surface area contributed by atoms with Gasteiger partial charge in [-0.1, -0.05) is 12.2 Å². The Morgan fingerprint density at radius 1 is 1.50 bits per heavy atom. The van der Waals surface area contributed by atoms with E-state index in [0.29, 0.717) is 0 Å². The van der Waals surface area contributed by atoms with E-state index >= 15 is 0 Å². The first-order valence-electron chi connectivity index (χ1n) is 2.65. The summed E-state index contributed by atoms with van der Waals surface area (Å²) in [6.45, 7) is 3.89. The predicted molar refractivity (Wildman–Crippen MR) is 35.6 cm³/mol. The lowest BCUT2D eigenvalue weighted by Crippen LogP contribution is -1.74. The summed E-state index contributed by atoms with van der Waals surface area (Å²) in [6.07, 6.45) is 5.82. The molecular weight excluding hydrogens is 100 g/mol. The molecule has 8 heavy (non-hydrogen) atoms. The maximum atomic E-state index is 4.86. The normalized spacial score (nSPS) is 12.6. The summed E-state index contributed by atoms with van der Waals surface area (Å²) in [7, 11) is 1.66. The first-order chi connectivity index (χ1) is 3.81. The highest BCUT2D eigenvalue weighted by Gasteiger charge is 1.75. The molecule has 0 spiro atoms. The molecule has 0 radical (unpaired) electrons. The van der Waals surface area contributed by atoms with Crippen molar-refractivity contribution in [3.63, 3.8) is 0 Å². The average Bonchev–Trinajstić information content (AvgIpc) is 1.83. The highest BCUT2D eigenvalue weighted by atomic mass is 16.5. The van der Waals surface area contributed by atoms with Gasteiger partial charge >= 0.3 is 0 Å². The largest absolute Gasteiger partial charge is 0.501 e. The van der Waals surface area contributed by atoms with Crippen LogP contribution in [0.5, 0.6) is 0 Å². The standard InChI is InChI=1S/C7H12O/c1-4-5-6-7(2)8-3/h4-6H,1-3H3/b5-4+,7-6-. The van der Waals surface area contributed by atoms with Crippen molar-refractivity contribution in [2.45, 2.75) is 13.8 Å². The van der Waals surface area contributed by atoms with Crippen LogP contribution < -0.4 is 0 Å². The molecule has 0 amide bonds. The summed E-state index contributed by atoms with van der Waals surface area (Å²) >= 11 is 0. The second-order valence-electron chi connectivity index (χ2n) is 1.51. The van der Waals surface area contributed by atoms with E-state index in [0.717, 1.165) is 5.76 Å². The van der Waals surface area contributed by atoms with Crippen LogP contribution in [0.25, 0.3) is 0 Å². The van der Waals surface area contributed by atoms with E-state index < -0.39 is 0 Å². The zero-order valence-electron chi connectivity index (χ0n) is 5.64. The van der Waals surface area contributed by atoms with Crippen LogP contribution in [0.15, 0.2) is 24.0 Å². The number of hydrogen-bond acceptors (Lipinski definition) is 1. The van der Waals surface area contributed by atoms with Gasteiger partial charge in [0.1, 0.15) is 0 Å². The fourth-order valence-electron chi connectivity index (χ4n) is 0.300. The van der Waals surface area contributed by atoms with E-state index in [2.05, 4.69) is 0 Å². The lowest BCUT2D eigenvalue weighted by atomic mass is 10.4. The number of methoxy groups -OCH3 is 1. The van der Waals surface area contributed by atoms with Gasteiger partial charge in [-0.2, -0.15) is 0 Å². The Morgan fingerprint density at radius 3 is 2.50 bits per heavy atom. The Bertz CT molecular complexity index is 101. The Balaban J connectivity index is 3.57. The molecule has 1 heteroatoms. The van der Waals surface area contributed by atoms with Crippen LogP contribution in [0.1, 0.15) is 13.8 Å². The van der Waals surface area contributed by atoms with E-state index in [1.807, 2.05) is 32.1 Å². The predicted octanol–water partition coefficient (Wildman–Crippen LogP) is 2.11. The summed E-state index contributed by atoms with van der Waals surface area (Å²) in [5.41, 5.74) is 0. The fourth-order valence-corrected chi connectivity index (χ4v) is 0.300. The minimum absolute atomic E-state index is 0.933. The highest BCUT2D eigenvalue weighted by molar-refractivity contribution is 5.04. The maximum absolute atomic E-state index is 4.86. The summed E-state index contributed by atoms with van der Waals surface area (Å²) in [5.74, 6) is 0.933. The molecule has 0 aliphatic heterocycles. The van der Waals surface area contributed by atoms with Gasteiger partial charge < -0.3 is 4.74 Å². The van der Waals surface area contributed by atoms with E-state index in [-0.39, 0.29) is 0 Å². The fraction of sp³-hybridized carbons (Fsp3) is 0.429. The van der Waals surface area contributed by atoms with Crippen LogP contribution in [0, 0.1) is 0 Å². The number of ether oxygens (including phenoxy) is 1. The van der Waals surface area contributed by atoms with Gasteiger partial charge in [-0.05, 0) is 19.9 Å². The van der Waals surface area contributed by atoms with Crippen LogP contribution in [0.2, 0.25) is 0 Å². The molecule has 0 aliphatic carbocycles. The smallest absolute Gasteiger partial charge is 0.0924 e. The maximum Gasteiger partial charge on any atom is 0.0924 e. The van der Waals surface area contributed by atoms with Crippen LogP contribution in [0.4, 0.5) is 0 Å². The summed E-state index contributed by atoms with van der Waals surface area (Å²) in [5, 5.41) is 0. The van der Waals surface area contributed by atoms with E-state index in [9.17, 15) is 0 Å². The molecular formula is C7H12O. The first-order valence-corrected chi connectivity index (χ1v) is 2.65. The van der Waals surface area contributed by atoms with Crippen LogP contribution in [0.3, 0.4) is 0 Å². The highest BCUT2D eigenvalue weighted by Crippen LogP contribution is 1.90. The van der Waals surface area contributed by atoms with Crippen LogP contribution >= 0.6 is 0 Å². The van der Waals surface area contributed by atoms with E-state index in [1.165, 1.54) is 0 Å². The van der Waals surface area contributed by atoms with Crippen molar-refractivity contribution in [1.82, 2.24) is 0 Å².